The van der Waals surface area contributed by atoms with E-state index in [9.17, 15) is 18.0 Å². The Kier molecular flexibility index (Phi) is 8.49. The number of hydrogen-bond acceptors (Lipinski definition) is 8. The predicted molar refractivity (Wildman–Crippen MR) is 185 cm³/mol. The molecule has 2 aromatic carbocycles. The van der Waals surface area contributed by atoms with E-state index in [0.29, 0.717) is 60.0 Å². The van der Waals surface area contributed by atoms with Gasteiger partial charge in [0, 0.05) is 68.6 Å². The van der Waals surface area contributed by atoms with Gasteiger partial charge >= 0.3 is 0 Å². The molecule has 256 valence electrons. The van der Waals surface area contributed by atoms with Crippen molar-refractivity contribution in [2.75, 3.05) is 56.5 Å². The molecule has 13 heteroatoms. The summed E-state index contributed by atoms with van der Waals surface area (Å²) in [6, 6.07) is 12.6. The summed E-state index contributed by atoms with van der Waals surface area (Å²) in [4.78, 5) is 30.6. The van der Waals surface area contributed by atoms with Crippen LogP contribution in [0, 0.1) is 5.92 Å². The van der Waals surface area contributed by atoms with Crippen molar-refractivity contribution in [2.24, 2.45) is 11.7 Å². The van der Waals surface area contributed by atoms with Gasteiger partial charge in [0.2, 0.25) is 10.0 Å². The van der Waals surface area contributed by atoms with E-state index in [0.717, 1.165) is 68.2 Å². The number of nitrogens with zero attached hydrogens (tertiary/aromatic N) is 5. The quantitative estimate of drug-likeness (QED) is 0.314. The normalized spacial score (nSPS) is 20.7. The van der Waals surface area contributed by atoms with Gasteiger partial charge in [-0.15, -0.1) is 0 Å². The van der Waals surface area contributed by atoms with Crippen molar-refractivity contribution >= 4 is 33.2 Å². The van der Waals surface area contributed by atoms with Crippen LogP contribution in [0.15, 0.2) is 47.4 Å². The van der Waals surface area contributed by atoms with Crippen molar-refractivity contribution in [1.29, 1.82) is 0 Å². The third-order valence-electron chi connectivity index (χ3n) is 10.2. The maximum atomic E-state index is 13.6. The molecule has 4 heterocycles. The SMILES string of the molecule is CN1CCN(c2ccc(S(=O)(=O)N3CCC(Nc4cc(-n5nc(CC6CC6)c6c5CC(C)(C)NC6=O)ccc4C(N)=O)CC3)cc2)CC1. The van der Waals surface area contributed by atoms with E-state index in [1.165, 1.54) is 0 Å². The molecule has 4 aliphatic rings. The van der Waals surface area contributed by atoms with Crippen LogP contribution < -0.4 is 21.3 Å². The van der Waals surface area contributed by atoms with Crippen molar-refractivity contribution in [3.05, 3.63) is 65.0 Å². The lowest BCUT2D eigenvalue weighted by molar-refractivity contribution is 0.0894. The summed E-state index contributed by atoms with van der Waals surface area (Å²) in [7, 11) is -1.53. The Morgan fingerprint density at radius 2 is 1.65 bits per heavy atom. The molecule has 1 aliphatic carbocycles. The third-order valence-corrected chi connectivity index (χ3v) is 12.1. The highest BCUT2D eigenvalue weighted by Gasteiger charge is 2.38. The molecular weight excluding hydrogens is 629 g/mol. The lowest BCUT2D eigenvalue weighted by Gasteiger charge is -2.34. The minimum absolute atomic E-state index is 0.0638. The highest BCUT2D eigenvalue weighted by Crippen LogP contribution is 2.36. The van der Waals surface area contributed by atoms with E-state index in [1.807, 2.05) is 42.8 Å². The topological polar surface area (TPSA) is 146 Å². The monoisotopic (exact) mass is 674 g/mol. The first-order valence-electron chi connectivity index (χ1n) is 17.1. The van der Waals surface area contributed by atoms with Crippen LogP contribution in [0.4, 0.5) is 11.4 Å². The van der Waals surface area contributed by atoms with Gasteiger partial charge in [-0.2, -0.15) is 9.40 Å². The first-order chi connectivity index (χ1) is 22.9. The number of carbonyl (C=O) groups is 2. The molecule has 7 rings (SSSR count). The summed E-state index contributed by atoms with van der Waals surface area (Å²) in [6.45, 7) is 8.53. The number of sulfonamides is 1. The molecule has 1 aromatic heterocycles. The van der Waals surface area contributed by atoms with Crippen LogP contribution in [-0.4, -0.2) is 97.1 Å². The van der Waals surface area contributed by atoms with E-state index < -0.39 is 21.5 Å². The number of nitrogens with two attached hydrogens (primary N) is 1. The van der Waals surface area contributed by atoms with Crippen LogP contribution in [0.1, 0.15) is 71.6 Å². The van der Waals surface area contributed by atoms with Crippen molar-refractivity contribution in [2.45, 2.75) is 68.8 Å². The molecule has 3 aliphatic heterocycles. The maximum Gasteiger partial charge on any atom is 0.255 e. The van der Waals surface area contributed by atoms with Gasteiger partial charge in [0.05, 0.1) is 33.1 Å². The minimum atomic E-state index is -3.64. The number of amides is 2. The number of fused-ring (bicyclic) bond motifs is 1. The summed E-state index contributed by atoms with van der Waals surface area (Å²) in [5.41, 5.74) is 10.4. The van der Waals surface area contributed by atoms with E-state index in [4.69, 9.17) is 10.8 Å². The number of rotatable bonds is 9. The maximum absolute atomic E-state index is 13.6. The number of carbonyl (C=O) groups excluding carboxylic acids is 2. The number of benzene rings is 2. The first kappa shape index (κ1) is 32.6. The first-order valence-corrected chi connectivity index (χ1v) is 18.5. The van der Waals surface area contributed by atoms with Crippen molar-refractivity contribution in [1.82, 2.24) is 24.3 Å². The van der Waals surface area contributed by atoms with Gasteiger partial charge in [0.1, 0.15) is 0 Å². The van der Waals surface area contributed by atoms with Gasteiger partial charge < -0.3 is 26.2 Å². The van der Waals surface area contributed by atoms with Crippen molar-refractivity contribution < 1.29 is 18.0 Å². The largest absolute Gasteiger partial charge is 0.382 e. The third kappa shape index (κ3) is 6.55. The number of likely N-dealkylation sites (N-methyl/N-ethyl adjacent to an activating group) is 1. The van der Waals surface area contributed by atoms with E-state index in [1.54, 1.807) is 22.5 Å². The zero-order valence-corrected chi connectivity index (χ0v) is 28.9. The molecule has 2 saturated heterocycles. The Morgan fingerprint density at radius 3 is 2.29 bits per heavy atom. The molecule has 0 atom stereocenters. The number of hydrogen-bond donors (Lipinski definition) is 3. The van der Waals surface area contributed by atoms with Gasteiger partial charge in [0.25, 0.3) is 11.8 Å². The molecule has 3 aromatic rings. The molecule has 48 heavy (non-hydrogen) atoms. The average Bonchev–Trinajstić information content (AvgIpc) is 3.80. The Hall–Kier alpha value is -3.94. The smallest absolute Gasteiger partial charge is 0.255 e. The predicted octanol–water partition coefficient (Wildman–Crippen LogP) is 3.01. The van der Waals surface area contributed by atoms with Crippen LogP contribution >= 0.6 is 0 Å². The molecule has 12 nitrogen and oxygen atoms in total. The van der Waals surface area contributed by atoms with E-state index in [-0.39, 0.29) is 11.9 Å². The van der Waals surface area contributed by atoms with Crippen LogP contribution in [0.5, 0.6) is 0 Å². The second-order valence-corrected chi connectivity index (χ2v) is 16.5. The standard InChI is InChI=1S/C35H46N8O4S/c1-35(2)22-31-32(34(45)38-35)30(20-23-4-5-23)39-43(31)26-8-11-28(33(36)44)29(21-26)37-24-12-14-42(15-13-24)48(46,47)27-9-6-25(7-10-27)41-18-16-40(3)17-19-41/h6-11,21,23-24,37H,4-5,12-20,22H2,1-3H3,(H2,36,44)(H,38,45). The molecule has 4 N–H and O–H groups in total. The lowest BCUT2D eigenvalue weighted by Crippen LogP contribution is -2.49. The van der Waals surface area contributed by atoms with Crippen molar-refractivity contribution in [3.63, 3.8) is 0 Å². The molecule has 1 saturated carbocycles. The molecular formula is C35H46N8O4S. The summed E-state index contributed by atoms with van der Waals surface area (Å²) >= 11 is 0. The fraction of sp³-hybridized carbons (Fsp3) is 0.514. The Morgan fingerprint density at radius 1 is 0.979 bits per heavy atom. The van der Waals surface area contributed by atoms with Crippen molar-refractivity contribution in [3.8, 4) is 5.69 Å². The number of primary amides is 1. The fourth-order valence-corrected chi connectivity index (χ4v) is 8.68. The second kappa shape index (κ2) is 12.5. The number of aromatic nitrogens is 2. The molecule has 0 unspecified atom stereocenters. The van der Waals surface area contributed by atoms with Crippen LogP contribution in [-0.2, 0) is 22.9 Å². The fourth-order valence-electron chi connectivity index (χ4n) is 7.21. The molecule has 0 bridgehead atoms. The highest BCUT2D eigenvalue weighted by molar-refractivity contribution is 7.89. The number of nitrogens with one attached hydrogen (secondary N) is 2. The Bertz CT molecular complexity index is 1820. The summed E-state index contributed by atoms with van der Waals surface area (Å²) in [6.07, 6.45) is 4.84. The lowest BCUT2D eigenvalue weighted by atomic mass is 9.90. The average molecular weight is 675 g/mol. The Balaban J connectivity index is 1.07. The van der Waals surface area contributed by atoms with Gasteiger partial charge in [0.15, 0.2) is 0 Å². The molecule has 3 fully saturated rings. The molecule has 2 amide bonds. The summed E-state index contributed by atoms with van der Waals surface area (Å²) < 4.78 is 30.5. The van der Waals surface area contributed by atoms with Crippen LogP contribution in [0.3, 0.4) is 0 Å². The molecule has 0 radical (unpaired) electrons. The van der Waals surface area contributed by atoms with Crippen LogP contribution in [0.2, 0.25) is 0 Å². The highest BCUT2D eigenvalue weighted by atomic mass is 32.2. The van der Waals surface area contributed by atoms with Gasteiger partial charge in [-0.25, -0.2) is 13.1 Å². The van der Waals surface area contributed by atoms with Gasteiger partial charge in [-0.3, -0.25) is 9.59 Å². The zero-order chi connectivity index (χ0) is 33.8. The number of piperidine rings is 1. The van der Waals surface area contributed by atoms with E-state index in [2.05, 4.69) is 27.5 Å². The Labute approximate surface area is 282 Å². The zero-order valence-electron chi connectivity index (χ0n) is 28.0. The van der Waals surface area contributed by atoms with E-state index >= 15 is 0 Å². The second-order valence-electron chi connectivity index (χ2n) is 14.5. The number of piperazine rings is 1. The summed E-state index contributed by atoms with van der Waals surface area (Å²) in [5.74, 6) is -0.0878. The minimum Gasteiger partial charge on any atom is -0.382 e. The molecule has 0 spiro atoms. The summed E-state index contributed by atoms with van der Waals surface area (Å²) in [5, 5.41) is 11.6. The van der Waals surface area contributed by atoms with Gasteiger partial charge in [-0.1, -0.05) is 0 Å². The van der Waals surface area contributed by atoms with Gasteiger partial charge in [-0.05, 0) is 101 Å². The number of anilines is 2. The van der Waals surface area contributed by atoms with Crippen LogP contribution in [0.25, 0.3) is 5.69 Å².